The molecule has 0 bridgehead atoms. The first-order valence-corrected chi connectivity index (χ1v) is 6.69. The van der Waals surface area contributed by atoms with Crippen LogP contribution in [-0.2, 0) is 6.54 Å². The monoisotopic (exact) mass is 276 g/mol. The van der Waals surface area contributed by atoms with Gasteiger partial charge in [0, 0.05) is 30.4 Å². The van der Waals surface area contributed by atoms with Crippen LogP contribution >= 0.6 is 0 Å². The highest BCUT2D eigenvalue weighted by Crippen LogP contribution is 2.18. The molecule has 0 aliphatic heterocycles. The molecule has 0 fully saturated rings. The molecule has 108 valence electrons. The minimum atomic E-state index is -0.194. The lowest BCUT2D eigenvalue weighted by atomic mass is 10.1. The molecule has 0 aliphatic carbocycles. The Morgan fingerprint density at radius 3 is 2.80 bits per heavy atom. The number of aromatic amines is 1. The molecule has 2 aromatic rings. The zero-order valence-electron chi connectivity index (χ0n) is 12.2. The summed E-state index contributed by atoms with van der Waals surface area (Å²) in [7, 11) is 4.00. The molecular weight excluding hydrogens is 255 g/mol. The van der Waals surface area contributed by atoms with Gasteiger partial charge in [0.1, 0.15) is 5.82 Å². The van der Waals surface area contributed by atoms with E-state index in [4.69, 9.17) is 0 Å². The Hall–Kier alpha value is -1.72. The van der Waals surface area contributed by atoms with E-state index >= 15 is 0 Å². The van der Waals surface area contributed by atoms with Gasteiger partial charge in [0.05, 0.1) is 6.20 Å². The summed E-state index contributed by atoms with van der Waals surface area (Å²) in [5, 5.41) is 10.3. The second kappa shape index (κ2) is 6.63. The van der Waals surface area contributed by atoms with Crippen LogP contribution in [0.5, 0.6) is 0 Å². The second-order valence-electron chi connectivity index (χ2n) is 5.19. The molecular formula is C15H21FN4. The summed E-state index contributed by atoms with van der Waals surface area (Å²) < 4.78 is 13.3. The van der Waals surface area contributed by atoms with Crippen LogP contribution in [0.15, 0.2) is 30.5 Å². The van der Waals surface area contributed by atoms with Gasteiger partial charge in [-0.05, 0) is 38.7 Å². The Bertz CT molecular complexity index is 550. The predicted octanol–water partition coefficient (Wildman–Crippen LogP) is 2.25. The number of halogens is 1. The molecule has 0 amide bonds. The van der Waals surface area contributed by atoms with E-state index in [9.17, 15) is 4.39 Å². The van der Waals surface area contributed by atoms with Crippen LogP contribution in [0.1, 0.15) is 22.9 Å². The predicted molar refractivity (Wildman–Crippen MR) is 77.9 cm³/mol. The summed E-state index contributed by atoms with van der Waals surface area (Å²) in [6, 6.07) is 6.91. The standard InChI is InChI=1S/C15H21FN4/c1-11-13(9-18-19-11)8-17-10-15(20(2)3)12-5-4-6-14(16)7-12/h4-7,9,15,17H,8,10H2,1-3H3,(H,18,19). The SMILES string of the molecule is Cc1[nH]ncc1CNCC(c1cccc(F)c1)N(C)C. The number of hydrogen-bond donors (Lipinski definition) is 2. The number of hydrogen-bond acceptors (Lipinski definition) is 3. The van der Waals surface area contributed by atoms with Crippen molar-refractivity contribution in [2.45, 2.75) is 19.5 Å². The van der Waals surface area contributed by atoms with E-state index < -0.39 is 0 Å². The number of aryl methyl sites for hydroxylation is 1. The minimum absolute atomic E-state index is 0.137. The van der Waals surface area contributed by atoms with E-state index in [0.29, 0.717) is 0 Å². The lowest BCUT2D eigenvalue weighted by molar-refractivity contribution is 0.287. The third-order valence-corrected chi connectivity index (χ3v) is 3.44. The number of nitrogens with zero attached hydrogens (tertiary/aromatic N) is 2. The average molecular weight is 276 g/mol. The normalized spacial score (nSPS) is 12.8. The van der Waals surface area contributed by atoms with Crippen molar-refractivity contribution in [2.24, 2.45) is 0 Å². The maximum Gasteiger partial charge on any atom is 0.123 e. The maximum atomic E-state index is 13.3. The zero-order chi connectivity index (χ0) is 14.5. The first-order valence-electron chi connectivity index (χ1n) is 6.69. The largest absolute Gasteiger partial charge is 0.311 e. The van der Waals surface area contributed by atoms with E-state index in [0.717, 1.165) is 29.9 Å². The Labute approximate surface area is 119 Å². The summed E-state index contributed by atoms with van der Waals surface area (Å²) in [6.07, 6.45) is 1.83. The number of rotatable bonds is 6. The molecule has 5 heteroatoms. The summed E-state index contributed by atoms with van der Waals surface area (Å²) in [6.45, 7) is 3.50. The van der Waals surface area contributed by atoms with Crippen LogP contribution in [0.2, 0.25) is 0 Å². The lowest BCUT2D eigenvalue weighted by Gasteiger charge is -2.25. The quantitative estimate of drug-likeness (QED) is 0.850. The van der Waals surface area contributed by atoms with Gasteiger partial charge in [0.15, 0.2) is 0 Å². The molecule has 1 unspecified atom stereocenters. The van der Waals surface area contributed by atoms with Gasteiger partial charge in [-0.3, -0.25) is 5.10 Å². The molecule has 0 aliphatic rings. The fourth-order valence-corrected chi connectivity index (χ4v) is 2.21. The third kappa shape index (κ3) is 3.65. The van der Waals surface area contributed by atoms with Crippen molar-refractivity contribution in [1.29, 1.82) is 0 Å². The Morgan fingerprint density at radius 2 is 2.20 bits per heavy atom. The molecule has 1 atom stereocenters. The molecule has 4 nitrogen and oxygen atoms in total. The van der Waals surface area contributed by atoms with Gasteiger partial charge in [-0.2, -0.15) is 5.10 Å². The Morgan fingerprint density at radius 1 is 1.40 bits per heavy atom. The summed E-state index contributed by atoms with van der Waals surface area (Å²) in [5.41, 5.74) is 3.21. The average Bonchev–Trinajstić information content (AvgIpc) is 2.80. The molecule has 0 saturated carbocycles. The molecule has 0 spiro atoms. The van der Waals surface area contributed by atoms with Crippen molar-refractivity contribution < 1.29 is 4.39 Å². The van der Waals surface area contributed by atoms with Gasteiger partial charge >= 0.3 is 0 Å². The second-order valence-corrected chi connectivity index (χ2v) is 5.19. The first-order chi connectivity index (χ1) is 9.58. The lowest BCUT2D eigenvalue weighted by Crippen LogP contribution is -2.31. The molecule has 1 aromatic carbocycles. The Kier molecular flexibility index (Phi) is 4.87. The van der Waals surface area contributed by atoms with Crippen LogP contribution in [0.4, 0.5) is 4.39 Å². The van der Waals surface area contributed by atoms with Crippen LogP contribution in [0, 0.1) is 12.7 Å². The fourth-order valence-electron chi connectivity index (χ4n) is 2.21. The number of benzene rings is 1. The first kappa shape index (κ1) is 14.7. The smallest absolute Gasteiger partial charge is 0.123 e. The van der Waals surface area contributed by atoms with Crippen molar-refractivity contribution >= 4 is 0 Å². The van der Waals surface area contributed by atoms with Crippen molar-refractivity contribution in [3.63, 3.8) is 0 Å². The topological polar surface area (TPSA) is 44.0 Å². The van der Waals surface area contributed by atoms with Gasteiger partial charge in [-0.15, -0.1) is 0 Å². The molecule has 1 aromatic heterocycles. The van der Waals surface area contributed by atoms with E-state index in [-0.39, 0.29) is 11.9 Å². The number of aromatic nitrogens is 2. The van der Waals surface area contributed by atoms with Crippen molar-refractivity contribution in [2.75, 3.05) is 20.6 Å². The molecule has 20 heavy (non-hydrogen) atoms. The molecule has 0 radical (unpaired) electrons. The van der Waals surface area contributed by atoms with E-state index in [2.05, 4.69) is 20.4 Å². The van der Waals surface area contributed by atoms with Gasteiger partial charge in [0.25, 0.3) is 0 Å². The van der Waals surface area contributed by atoms with Crippen molar-refractivity contribution in [3.05, 3.63) is 53.1 Å². The van der Waals surface area contributed by atoms with E-state index in [1.807, 2.05) is 33.3 Å². The molecule has 1 heterocycles. The summed E-state index contributed by atoms with van der Waals surface area (Å²) in [5.74, 6) is -0.194. The zero-order valence-corrected chi connectivity index (χ0v) is 12.2. The highest BCUT2D eigenvalue weighted by atomic mass is 19.1. The van der Waals surface area contributed by atoms with Crippen LogP contribution in [0.3, 0.4) is 0 Å². The van der Waals surface area contributed by atoms with Gasteiger partial charge in [0.2, 0.25) is 0 Å². The highest BCUT2D eigenvalue weighted by molar-refractivity contribution is 5.21. The molecule has 2 N–H and O–H groups in total. The Balaban J connectivity index is 1.98. The summed E-state index contributed by atoms with van der Waals surface area (Å²) in [4.78, 5) is 2.09. The van der Waals surface area contributed by atoms with Crippen LogP contribution in [-0.4, -0.2) is 35.7 Å². The van der Waals surface area contributed by atoms with Gasteiger partial charge in [-0.25, -0.2) is 4.39 Å². The van der Waals surface area contributed by atoms with E-state index in [1.54, 1.807) is 12.1 Å². The highest BCUT2D eigenvalue weighted by Gasteiger charge is 2.14. The van der Waals surface area contributed by atoms with Gasteiger partial charge < -0.3 is 10.2 Å². The molecule has 2 rings (SSSR count). The van der Waals surface area contributed by atoms with Crippen molar-refractivity contribution in [1.82, 2.24) is 20.4 Å². The maximum absolute atomic E-state index is 13.3. The number of H-pyrrole nitrogens is 1. The number of likely N-dealkylation sites (N-methyl/N-ethyl adjacent to an activating group) is 1. The van der Waals surface area contributed by atoms with Crippen LogP contribution < -0.4 is 5.32 Å². The summed E-state index contributed by atoms with van der Waals surface area (Å²) >= 11 is 0. The van der Waals surface area contributed by atoms with E-state index in [1.165, 1.54) is 6.07 Å². The minimum Gasteiger partial charge on any atom is -0.311 e. The fraction of sp³-hybridized carbons (Fsp3) is 0.400. The number of nitrogens with one attached hydrogen (secondary N) is 2. The van der Waals surface area contributed by atoms with Crippen molar-refractivity contribution in [3.8, 4) is 0 Å². The van der Waals surface area contributed by atoms with Crippen LogP contribution in [0.25, 0.3) is 0 Å². The third-order valence-electron chi connectivity index (χ3n) is 3.44. The molecule has 0 saturated heterocycles. The van der Waals surface area contributed by atoms with Gasteiger partial charge in [-0.1, -0.05) is 12.1 Å².